The molecular formula is C39H29ClF3N7O5. The Balaban J connectivity index is 1.09. The molecule has 0 aliphatic carbocycles. The number of rotatable bonds is 7. The van der Waals surface area contributed by atoms with Gasteiger partial charge in [-0.2, -0.15) is 23.1 Å². The van der Waals surface area contributed by atoms with E-state index in [4.69, 9.17) is 20.4 Å². The van der Waals surface area contributed by atoms with Crippen LogP contribution in [0.5, 0.6) is 0 Å². The summed E-state index contributed by atoms with van der Waals surface area (Å²) >= 11 is 6.40. The van der Waals surface area contributed by atoms with Crippen molar-refractivity contribution in [2.24, 2.45) is 0 Å². The minimum absolute atomic E-state index is 0.0399. The molecule has 278 valence electrons. The molecule has 12 nitrogen and oxygen atoms in total. The van der Waals surface area contributed by atoms with Crippen LogP contribution in [0.4, 0.5) is 24.8 Å². The highest BCUT2D eigenvalue weighted by Crippen LogP contribution is 2.38. The number of aromatic nitrogens is 5. The van der Waals surface area contributed by atoms with Gasteiger partial charge in [0.2, 0.25) is 0 Å². The highest BCUT2D eigenvalue weighted by molar-refractivity contribution is 6.31. The van der Waals surface area contributed by atoms with Gasteiger partial charge in [0, 0.05) is 30.0 Å². The highest BCUT2D eigenvalue weighted by atomic mass is 35.5. The van der Waals surface area contributed by atoms with Crippen molar-refractivity contribution < 1.29 is 27.1 Å². The standard InChI is InChI=1S/C39H29ClF3N7O5/c1-20-4-2-6-23(16-20)50-32-30-28(10-11-29(45-30)39(41,42)43)55-33(32)35(46-37(50)52)44-14-12-21-5-3-7-24(17-21)49-31-26-18-22(40)8-9-27(26)54-34(31)36(47-38(49)53)48-15-13-25(51)19-48/h2-11,16-18,25,51H,12-15,19H2,1H3,(H,44,46,52). The van der Waals surface area contributed by atoms with Crippen molar-refractivity contribution >= 4 is 67.5 Å². The number of aryl methyl sites for hydroxylation is 1. The van der Waals surface area contributed by atoms with Crippen molar-refractivity contribution in [1.82, 2.24) is 24.1 Å². The lowest BCUT2D eigenvalue weighted by molar-refractivity contribution is -0.140. The van der Waals surface area contributed by atoms with E-state index in [1.165, 1.54) is 15.2 Å². The van der Waals surface area contributed by atoms with Gasteiger partial charge in [-0.05, 0) is 85.5 Å². The quantitative estimate of drug-likeness (QED) is 0.171. The van der Waals surface area contributed by atoms with Crippen LogP contribution in [0.1, 0.15) is 23.2 Å². The molecule has 5 aromatic heterocycles. The van der Waals surface area contributed by atoms with Gasteiger partial charge in [-0.15, -0.1) is 0 Å². The number of fused-ring (bicyclic) bond motifs is 6. The molecule has 0 spiro atoms. The van der Waals surface area contributed by atoms with Gasteiger partial charge in [0.15, 0.2) is 28.4 Å². The average molecular weight is 768 g/mol. The molecule has 0 radical (unpaired) electrons. The smallest absolute Gasteiger partial charge is 0.433 e. The van der Waals surface area contributed by atoms with Crippen LogP contribution >= 0.6 is 11.6 Å². The summed E-state index contributed by atoms with van der Waals surface area (Å²) in [7, 11) is 0. The molecule has 1 saturated heterocycles. The lowest BCUT2D eigenvalue weighted by Crippen LogP contribution is -2.29. The second-order valence-corrected chi connectivity index (χ2v) is 13.9. The minimum atomic E-state index is -4.72. The molecule has 8 aromatic rings. The molecule has 16 heteroatoms. The third kappa shape index (κ3) is 6.05. The molecule has 0 bridgehead atoms. The Morgan fingerprint density at radius 1 is 0.873 bits per heavy atom. The van der Waals surface area contributed by atoms with Crippen molar-refractivity contribution in [2.45, 2.75) is 32.0 Å². The number of nitrogens with one attached hydrogen (secondary N) is 1. The van der Waals surface area contributed by atoms with Crippen LogP contribution in [-0.4, -0.2) is 54.9 Å². The van der Waals surface area contributed by atoms with Gasteiger partial charge in [-0.1, -0.05) is 35.9 Å². The third-order valence-corrected chi connectivity index (χ3v) is 9.91. The molecule has 1 aliphatic rings. The molecule has 1 unspecified atom stereocenters. The first-order chi connectivity index (χ1) is 26.4. The summed E-state index contributed by atoms with van der Waals surface area (Å²) in [5.74, 6) is 0.386. The van der Waals surface area contributed by atoms with Crippen molar-refractivity contribution in [2.75, 3.05) is 29.9 Å². The number of pyridine rings is 1. The zero-order valence-electron chi connectivity index (χ0n) is 28.9. The van der Waals surface area contributed by atoms with E-state index in [0.29, 0.717) is 70.2 Å². The number of hydrogen-bond donors (Lipinski definition) is 2. The number of benzene rings is 3. The Kier molecular flexibility index (Phi) is 8.16. The van der Waals surface area contributed by atoms with Gasteiger partial charge in [0.1, 0.15) is 27.8 Å². The van der Waals surface area contributed by atoms with E-state index < -0.39 is 29.4 Å². The maximum absolute atomic E-state index is 13.8. The number of aliphatic hydroxyl groups excluding tert-OH is 1. The van der Waals surface area contributed by atoms with E-state index in [0.717, 1.165) is 17.2 Å². The first kappa shape index (κ1) is 34.6. The van der Waals surface area contributed by atoms with Crippen molar-refractivity contribution in [3.8, 4) is 11.4 Å². The molecule has 9 rings (SSSR count). The average Bonchev–Trinajstić information content (AvgIpc) is 3.86. The van der Waals surface area contributed by atoms with Crippen molar-refractivity contribution in [3.05, 3.63) is 122 Å². The summed E-state index contributed by atoms with van der Waals surface area (Å²) in [4.78, 5) is 41.8. The molecule has 2 N–H and O–H groups in total. The van der Waals surface area contributed by atoms with E-state index in [1.54, 1.807) is 48.5 Å². The van der Waals surface area contributed by atoms with Gasteiger partial charge in [0.05, 0.1) is 17.5 Å². The molecule has 6 heterocycles. The Bertz CT molecular complexity index is 2950. The SMILES string of the molecule is Cc1cccc(-n2c(=O)nc(NCCc3cccc(-n4c(=O)nc(N5CCC(O)C5)c5oc6ccc(Cl)cc6c54)c3)c3oc4ccc(C(F)(F)F)nc4c32)c1. The van der Waals surface area contributed by atoms with Crippen molar-refractivity contribution in [1.29, 1.82) is 0 Å². The largest absolute Gasteiger partial charge is 0.450 e. The van der Waals surface area contributed by atoms with Crippen LogP contribution in [0.25, 0.3) is 55.6 Å². The summed E-state index contributed by atoms with van der Waals surface area (Å²) in [5.41, 5.74) is 1.54. The molecule has 1 atom stereocenters. The topological polar surface area (TPSA) is 144 Å². The molecule has 55 heavy (non-hydrogen) atoms. The molecule has 0 amide bonds. The van der Waals surface area contributed by atoms with Gasteiger partial charge < -0.3 is 24.2 Å². The first-order valence-electron chi connectivity index (χ1n) is 17.3. The lowest BCUT2D eigenvalue weighted by atomic mass is 10.1. The number of nitrogens with zero attached hydrogens (tertiary/aromatic N) is 6. The normalized spacial score (nSPS) is 14.9. The van der Waals surface area contributed by atoms with E-state index in [1.807, 2.05) is 30.0 Å². The summed E-state index contributed by atoms with van der Waals surface area (Å²) < 4.78 is 56.2. The maximum atomic E-state index is 13.8. The van der Waals surface area contributed by atoms with Crippen molar-refractivity contribution in [3.63, 3.8) is 0 Å². The molecule has 3 aromatic carbocycles. The fourth-order valence-electron chi connectivity index (χ4n) is 7.19. The summed E-state index contributed by atoms with van der Waals surface area (Å²) in [6.07, 6.45) is -4.36. The summed E-state index contributed by atoms with van der Waals surface area (Å²) in [6.45, 7) is 2.87. The fourth-order valence-corrected chi connectivity index (χ4v) is 7.36. The maximum Gasteiger partial charge on any atom is 0.433 e. The van der Waals surface area contributed by atoms with Crippen LogP contribution in [0.2, 0.25) is 5.02 Å². The number of alkyl halides is 3. The van der Waals surface area contributed by atoms with E-state index in [2.05, 4.69) is 20.3 Å². The van der Waals surface area contributed by atoms with E-state index in [9.17, 15) is 27.9 Å². The second-order valence-electron chi connectivity index (χ2n) is 13.4. The summed E-state index contributed by atoms with van der Waals surface area (Å²) in [5, 5.41) is 14.4. The molecule has 1 fully saturated rings. The zero-order chi connectivity index (χ0) is 38.2. The zero-order valence-corrected chi connectivity index (χ0v) is 29.6. The Hall–Kier alpha value is -6.19. The van der Waals surface area contributed by atoms with E-state index >= 15 is 0 Å². The van der Waals surface area contributed by atoms with Gasteiger partial charge >= 0.3 is 17.6 Å². The second kappa shape index (κ2) is 13.0. The van der Waals surface area contributed by atoms with Crippen LogP contribution < -0.4 is 21.6 Å². The number of aliphatic hydroxyl groups is 1. The minimum Gasteiger partial charge on any atom is -0.450 e. The Morgan fingerprint density at radius 3 is 2.36 bits per heavy atom. The van der Waals surface area contributed by atoms with Crippen LogP contribution in [0, 0.1) is 6.92 Å². The van der Waals surface area contributed by atoms with Gasteiger partial charge in [-0.25, -0.2) is 14.6 Å². The Labute approximate surface area is 313 Å². The molecular weight excluding hydrogens is 739 g/mol. The number of anilines is 2. The fraction of sp³-hybridized carbons (Fsp3) is 0.205. The lowest BCUT2D eigenvalue weighted by Gasteiger charge is -2.18. The number of β-amino-alcohol motifs (C(OH)–C–C–N with tert-alkyl or cyclic N) is 1. The summed E-state index contributed by atoms with van der Waals surface area (Å²) in [6, 6.07) is 21.4. The Morgan fingerprint density at radius 2 is 1.60 bits per heavy atom. The third-order valence-electron chi connectivity index (χ3n) is 9.68. The monoisotopic (exact) mass is 767 g/mol. The number of hydrogen-bond acceptors (Lipinski definition) is 10. The molecule has 1 aliphatic heterocycles. The predicted octanol–water partition coefficient (Wildman–Crippen LogP) is 7.18. The molecule has 0 saturated carbocycles. The number of furan rings is 2. The van der Waals surface area contributed by atoms with Gasteiger partial charge in [-0.3, -0.25) is 9.13 Å². The van der Waals surface area contributed by atoms with E-state index in [-0.39, 0.29) is 34.6 Å². The van der Waals surface area contributed by atoms with Crippen LogP contribution in [-0.2, 0) is 12.6 Å². The number of halogens is 4. The predicted molar refractivity (Wildman–Crippen MR) is 202 cm³/mol. The van der Waals surface area contributed by atoms with Crippen LogP contribution in [0.3, 0.4) is 0 Å². The highest BCUT2D eigenvalue weighted by Gasteiger charge is 2.34. The first-order valence-corrected chi connectivity index (χ1v) is 17.7. The van der Waals surface area contributed by atoms with Gasteiger partial charge in [0.25, 0.3) is 0 Å². The van der Waals surface area contributed by atoms with Crippen LogP contribution in [0.15, 0.2) is 97.3 Å².